The average molecular weight is 342 g/mol. The van der Waals surface area contributed by atoms with Crippen molar-refractivity contribution < 1.29 is 4.79 Å². The van der Waals surface area contributed by atoms with Crippen LogP contribution in [0.3, 0.4) is 0 Å². The van der Waals surface area contributed by atoms with Crippen LogP contribution in [0.2, 0.25) is 0 Å². The number of nitrogens with one attached hydrogen (secondary N) is 1. The predicted molar refractivity (Wildman–Crippen MR) is 105 cm³/mol. The molecule has 0 bridgehead atoms. The summed E-state index contributed by atoms with van der Waals surface area (Å²) < 4.78 is 0. The second kappa shape index (κ2) is 18.7. The smallest absolute Gasteiger partial charge is 0.220 e. The maximum absolute atomic E-state index is 11.8. The van der Waals surface area contributed by atoms with Gasteiger partial charge in [-0.15, -0.1) is 0 Å². The fourth-order valence-corrected chi connectivity index (χ4v) is 3.05. The molecule has 0 aromatic rings. The molecule has 0 radical (unpaired) electrons. The van der Waals surface area contributed by atoms with E-state index in [2.05, 4.69) is 12.2 Å². The third-order valence-corrected chi connectivity index (χ3v) is 4.67. The van der Waals surface area contributed by atoms with E-state index >= 15 is 0 Å². The predicted octanol–water partition coefficient (Wildman–Crippen LogP) is 4.26. The molecule has 1 amide bonds. The van der Waals surface area contributed by atoms with Crippen LogP contribution in [0.15, 0.2) is 0 Å². The van der Waals surface area contributed by atoms with Gasteiger partial charge in [0.2, 0.25) is 5.91 Å². The Morgan fingerprint density at radius 1 is 0.792 bits per heavy atom. The summed E-state index contributed by atoms with van der Waals surface area (Å²) in [5, 5.41) is 2.97. The van der Waals surface area contributed by atoms with Gasteiger partial charge in [0.05, 0.1) is 0 Å². The lowest BCUT2D eigenvalue weighted by molar-refractivity contribution is -0.121. The largest absolute Gasteiger partial charge is 0.352 e. The summed E-state index contributed by atoms with van der Waals surface area (Å²) in [5.41, 5.74) is 11.1. The van der Waals surface area contributed by atoms with E-state index in [4.69, 9.17) is 11.5 Å². The van der Waals surface area contributed by atoms with Gasteiger partial charge < -0.3 is 16.8 Å². The Morgan fingerprint density at radius 3 is 1.67 bits per heavy atom. The molecule has 1 unspecified atom stereocenters. The van der Waals surface area contributed by atoms with E-state index in [-0.39, 0.29) is 11.9 Å². The van der Waals surface area contributed by atoms with Crippen LogP contribution < -0.4 is 16.8 Å². The molecule has 0 aliphatic heterocycles. The van der Waals surface area contributed by atoms with E-state index in [1.807, 2.05) is 0 Å². The van der Waals surface area contributed by atoms with Crippen molar-refractivity contribution in [1.29, 1.82) is 0 Å². The highest BCUT2D eigenvalue weighted by Crippen LogP contribution is 2.12. The van der Waals surface area contributed by atoms with Gasteiger partial charge in [0.1, 0.15) is 0 Å². The molecule has 4 nitrogen and oxygen atoms in total. The maximum atomic E-state index is 11.8. The van der Waals surface area contributed by atoms with Gasteiger partial charge >= 0.3 is 0 Å². The highest BCUT2D eigenvalue weighted by molar-refractivity contribution is 5.76. The Bertz CT molecular complexity index is 272. The van der Waals surface area contributed by atoms with Crippen molar-refractivity contribution in [2.24, 2.45) is 11.5 Å². The van der Waals surface area contributed by atoms with Crippen molar-refractivity contribution in [2.75, 3.05) is 13.1 Å². The number of hydrogen-bond acceptors (Lipinski definition) is 3. The lowest BCUT2D eigenvalue weighted by atomic mass is 10.0. The van der Waals surface area contributed by atoms with Crippen LogP contribution in [0.4, 0.5) is 0 Å². The second-order valence-electron chi connectivity index (χ2n) is 7.07. The fourth-order valence-electron chi connectivity index (χ4n) is 3.05. The Morgan fingerprint density at radius 2 is 1.25 bits per heavy atom. The van der Waals surface area contributed by atoms with Crippen LogP contribution in [0, 0.1) is 0 Å². The zero-order chi connectivity index (χ0) is 17.9. The van der Waals surface area contributed by atoms with Gasteiger partial charge in [-0.25, -0.2) is 0 Å². The third-order valence-electron chi connectivity index (χ3n) is 4.67. The number of amides is 1. The van der Waals surface area contributed by atoms with Gasteiger partial charge in [-0.3, -0.25) is 4.79 Å². The molecule has 0 saturated carbocycles. The molecule has 0 aromatic carbocycles. The second-order valence-corrected chi connectivity index (χ2v) is 7.07. The highest BCUT2D eigenvalue weighted by atomic mass is 16.1. The van der Waals surface area contributed by atoms with E-state index in [0.29, 0.717) is 19.5 Å². The number of carbonyl (C=O) groups excluding carboxylic acids is 1. The Labute approximate surface area is 150 Å². The molecule has 0 saturated heterocycles. The molecule has 5 N–H and O–H groups in total. The van der Waals surface area contributed by atoms with Crippen LogP contribution in [-0.2, 0) is 4.79 Å². The molecule has 0 aliphatic carbocycles. The first-order valence-corrected chi connectivity index (χ1v) is 10.4. The first kappa shape index (κ1) is 23.4. The number of rotatable bonds is 18. The molecular formula is C20H43N3O. The molecule has 0 aliphatic rings. The van der Waals surface area contributed by atoms with Gasteiger partial charge in [0.15, 0.2) is 0 Å². The lowest BCUT2D eigenvalue weighted by Crippen LogP contribution is -2.41. The summed E-state index contributed by atoms with van der Waals surface area (Å²) in [6, 6.07) is 0.0458. The maximum Gasteiger partial charge on any atom is 0.220 e. The van der Waals surface area contributed by atoms with Crippen molar-refractivity contribution in [3.8, 4) is 0 Å². The average Bonchev–Trinajstić information content (AvgIpc) is 2.58. The summed E-state index contributed by atoms with van der Waals surface area (Å²) in [6.45, 7) is 3.31. The molecule has 4 heteroatoms. The normalized spacial score (nSPS) is 12.3. The summed E-state index contributed by atoms with van der Waals surface area (Å²) in [4.78, 5) is 11.8. The summed E-state index contributed by atoms with van der Waals surface area (Å²) in [6.07, 6.45) is 18.7. The van der Waals surface area contributed by atoms with Crippen LogP contribution >= 0.6 is 0 Å². The molecule has 0 rings (SSSR count). The fraction of sp³-hybridized carbons (Fsp3) is 0.950. The summed E-state index contributed by atoms with van der Waals surface area (Å²) >= 11 is 0. The molecule has 144 valence electrons. The summed E-state index contributed by atoms with van der Waals surface area (Å²) in [7, 11) is 0. The molecule has 0 heterocycles. The van der Waals surface area contributed by atoms with Crippen molar-refractivity contribution in [3.63, 3.8) is 0 Å². The minimum Gasteiger partial charge on any atom is -0.352 e. The highest BCUT2D eigenvalue weighted by Gasteiger charge is 2.09. The van der Waals surface area contributed by atoms with Gasteiger partial charge in [-0.05, 0) is 19.4 Å². The van der Waals surface area contributed by atoms with Crippen molar-refractivity contribution >= 4 is 5.91 Å². The number of unbranched alkanes of at least 4 members (excludes halogenated alkanes) is 12. The first-order valence-electron chi connectivity index (χ1n) is 10.4. The van der Waals surface area contributed by atoms with Crippen LogP contribution in [0.25, 0.3) is 0 Å². The lowest BCUT2D eigenvalue weighted by Gasteiger charge is -2.15. The molecular weight excluding hydrogens is 298 g/mol. The van der Waals surface area contributed by atoms with E-state index in [1.165, 1.54) is 70.6 Å². The first-order chi connectivity index (χ1) is 11.7. The van der Waals surface area contributed by atoms with Crippen LogP contribution in [0.1, 0.15) is 103 Å². The SMILES string of the molecule is CCCCCCCCCCCCCCCC(=O)NC(CN)CCN. The van der Waals surface area contributed by atoms with Gasteiger partial charge in [0, 0.05) is 19.0 Å². The van der Waals surface area contributed by atoms with E-state index in [0.717, 1.165) is 19.3 Å². The minimum atomic E-state index is 0.0458. The summed E-state index contributed by atoms with van der Waals surface area (Å²) in [5.74, 6) is 0.127. The van der Waals surface area contributed by atoms with Crippen molar-refractivity contribution in [2.45, 2.75) is 109 Å². The van der Waals surface area contributed by atoms with E-state index < -0.39 is 0 Å². The molecule has 0 fully saturated rings. The zero-order valence-corrected chi connectivity index (χ0v) is 16.2. The van der Waals surface area contributed by atoms with Gasteiger partial charge in [-0.2, -0.15) is 0 Å². The number of nitrogens with two attached hydrogens (primary N) is 2. The number of carbonyl (C=O) groups is 1. The monoisotopic (exact) mass is 341 g/mol. The van der Waals surface area contributed by atoms with Crippen LogP contribution in [-0.4, -0.2) is 25.0 Å². The molecule has 24 heavy (non-hydrogen) atoms. The van der Waals surface area contributed by atoms with Gasteiger partial charge in [-0.1, -0.05) is 84.0 Å². The van der Waals surface area contributed by atoms with E-state index in [1.54, 1.807) is 0 Å². The Balaban J connectivity index is 3.25. The molecule has 0 spiro atoms. The van der Waals surface area contributed by atoms with E-state index in [9.17, 15) is 4.79 Å². The van der Waals surface area contributed by atoms with Crippen molar-refractivity contribution in [1.82, 2.24) is 5.32 Å². The quantitative estimate of drug-likeness (QED) is 0.326. The standard InChI is InChI=1S/C20H43N3O/c1-2-3-4-5-6-7-8-9-10-11-12-13-14-15-20(24)23-19(18-22)16-17-21/h19H,2-18,21-22H2,1H3,(H,23,24). The molecule has 0 aromatic heterocycles. The Hall–Kier alpha value is -0.610. The van der Waals surface area contributed by atoms with Gasteiger partial charge in [0.25, 0.3) is 0 Å². The van der Waals surface area contributed by atoms with Crippen LogP contribution in [0.5, 0.6) is 0 Å². The molecule has 1 atom stereocenters. The Kier molecular flexibility index (Phi) is 18.2. The van der Waals surface area contributed by atoms with Crippen molar-refractivity contribution in [3.05, 3.63) is 0 Å². The third kappa shape index (κ3) is 16.3. The topological polar surface area (TPSA) is 81.1 Å². The zero-order valence-electron chi connectivity index (χ0n) is 16.2. The minimum absolute atomic E-state index is 0.0458. The number of hydrogen-bond donors (Lipinski definition) is 3.